The predicted molar refractivity (Wildman–Crippen MR) is 112 cm³/mol. The van der Waals surface area contributed by atoms with Crippen LogP contribution in [-0.4, -0.2) is 38.4 Å². The minimum atomic E-state index is -3.71. The van der Waals surface area contributed by atoms with Crippen LogP contribution in [0, 0.1) is 5.92 Å². The van der Waals surface area contributed by atoms with E-state index in [0.717, 1.165) is 12.0 Å². The molecule has 2 aromatic rings. The van der Waals surface area contributed by atoms with E-state index in [-0.39, 0.29) is 35.8 Å². The fourth-order valence-corrected chi connectivity index (χ4v) is 4.48. The highest BCUT2D eigenvalue weighted by molar-refractivity contribution is 7.89. The van der Waals surface area contributed by atoms with Gasteiger partial charge in [-0.15, -0.1) is 12.4 Å². The van der Waals surface area contributed by atoms with Crippen LogP contribution in [0.15, 0.2) is 59.5 Å². The van der Waals surface area contributed by atoms with E-state index in [1.807, 2.05) is 37.3 Å². The highest BCUT2D eigenvalue weighted by atomic mass is 35.5. The fourth-order valence-electron chi connectivity index (χ4n) is 3.42. The van der Waals surface area contributed by atoms with Crippen molar-refractivity contribution in [2.75, 3.05) is 13.1 Å². The molecular formula is C20H26ClN3O3S. The van der Waals surface area contributed by atoms with Gasteiger partial charge in [0.1, 0.15) is 0 Å². The lowest BCUT2D eigenvalue weighted by molar-refractivity contribution is 0.0743. The number of nitrogens with two attached hydrogens (primary N) is 1. The van der Waals surface area contributed by atoms with Gasteiger partial charge in [-0.3, -0.25) is 4.79 Å². The van der Waals surface area contributed by atoms with Gasteiger partial charge >= 0.3 is 0 Å². The third kappa shape index (κ3) is 5.11. The molecule has 6 nitrogen and oxygen atoms in total. The van der Waals surface area contributed by atoms with Crippen LogP contribution in [0.5, 0.6) is 0 Å². The molecule has 2 unspecified atom stereocenters. The number of amides is 1. The highest BCUT2D eigenvalue weighted by Gasteiger charge is 2.32. The number of carbonyl (C=O) groups excluding carboxylic acids is 1. The number of sulfonamides is 1. The van der Waals surface area contributed by atoms with Crippen molar-refractivity contribution in [2.24, 2.45) is 11.7 Å². The van der Waals surface area contributed by atoms with Crippen LogP contribution in [0.1, 0.15) is 29.3 Å². The van der Waals surface area contributed by atoms with Crippen LogP contribution >= 0.6 is 12.4 Å². The van der Waals surface area contributed by atoms with Crippen molar-refractivity contribution in [1.82, 2.24) is 9.62 Å². The van der Waals surface area contributed by atoms with Gasteiger partial charge in [0, 0.05) is 24.7 Å². The molecule has 1 aliphatic rings. The predicted octanol–water partition coefficient (Wildman–Crippen LogP) is 2.40. The Morgan fingerprint density at radius 2 is 1.89 bits per heavy atom. The average molecular weight is 424 g/mol. The molecule has 8 heteroatoms. The second-order valence-electron chi connectivity index (χ2n) is 6.98. The lowest BCUT2D eigenvalue weighted by atomic mass is 10.1. The Hall–Kier alpha value is -1.93. The largest absolute Gasteiger partial charge is 0.336 e. The van der Waals surface area contributed by atoms with E-state index in [0.29, 0.717) is 24.6 Å². The van der Waals surface area contributed by atoms with Crippen LogP contribution in [0.3, 0.4) is 0 Å². The number of nitrogens with zero attached hydrogens (tertiary/aromatic N) is 1. The van der Waals surface area contributed by atoms with Gasteiger partial charge in [-0.05, 0) is 49.6 Å². The normalized spacial score (nSPS) is 19.3. The van der Waals surface area contributed by atoms with Crippen molar-refractivity contribution in [3.63, 3.8) is 0 Å². The summed E-state index contributed by atoms with van der Waals surface area (Å²) in [5.74, 6) is 0.141. The molecule has 1 saturated heterocycles. The van der Waals surface area contributed by atoms with Gasteiger partial charge in [-0.1, -0.05) is 36.4 Å². The molecule has 0 spiro atoms. The monoisotopic (exact) mass is 423 g/mol. The molecule has 3 rings (SSSR count). The van der Waals surface area contributed by atoms with Crippen molar-refractivity contribution in [1.29, 1.82) is 0 Å². The Labute approximate surface area is 172 Å². The molecule has 1 heterocycles. The Kier molecular flexibility index (Phi) is 7.60. The number of hydrogen-bond acceptors (Lipinski definition) is 4. The first-order valence-electron chi connectivity index (χ1n) is 9.05. The zero-order valence-electron chi connectivity index (χ0n) is 15.7. The van der Waals surface area contributed by atoms with Gasteiger partial charge in [0.15, 0.2) is 0 Å². The van der Waals surface area contributed by atoms with E-state index in [9.17, 15) is 13.2 Å². The molecule has 1 fully saturated rings. The summed E-state index contributed by atoms with van der Waals surface area (Å²) in [4.78, 5) is 14.7. The van der Waals surface area contributed by atoms with Crippen LogP contribution in [0.4, 0.5) is 0 Å². The van der Waals surface area contributed by atoms with Crippen molar-refractivity contribution in [2.45, 2.75) is 30.8 Å². The van der Waals surface area contributed by atoms with E-state index < -0.39 is 10.0 Å². The molecule has 1 amide bonds. The zero-order chi connectivity index (χ0) is 19.4. The second kappa shape index (κ2) is 9.52. The van der Waals surface area contributed by atoms with Crippen LogP contribution in [-0.2, 0) is 16.6 Å². The smallest absolute Gasteiger partial charge is 0.254 e. The van der Waals surface area contributed by atoms with Gasteiger partial charge < -0.3 is 10.6 Å². The van der Waals surface area contributed by atoms with Gasteiger partial charge in [0.25, 0.3) is 5.91 Å². The summed E-state index contributed by atoms with van der Waals surface area (Å²) in [5, 5.41) is 0. The van der Waals surface area contributed by atoms with Crippen molar-refractivity contribution >= 4 is 28.3 Å². The summed E-state index contributed by atoms with van der Waals surface area (Å²) in [7, 11) is -3.71. The average Bonchev–Trinajstić information content (AvgIpc) is 3.07. The Balaban J connectivity index is 0.00000280. The molecule has 0 saturated carbocycles. The van der Waals surface area contributed by atoms with Gasteiger partial charge in [-0.25, -0.2) is 13.1 Å². The molecule has 0 bridgehead atoms. The molecule has 1 aliphatic heterocycles. The number of rotatable bonds is 6. The standard InChI is InChI=1S/C20H25N3O3S.ClH/c1-15-10-17(12-21)14-23(15)20(24)18-8-5-9-19(11-18)27(25,26)22-13-16-6-3-2-4-7-16;/h2-9,11,15,17,22H,10,12-14,21H2,1H3;1H. The maximum atomic E-state index is 12.8. The first-order valence-corrected chi connectivity index (χ1v) is 10.5. The maximum Gasteiger partial charge on any atom is 0.254 e. The van der Waals surface area contributed by atoms with Crippen molar-refractivity contribution < 1.29 is 13.2 Å². The summed E-state index contributed by atoms with van der Waals surface area (Å²) >= 11 is 0. The minimum absolute atomic E-state index is 0. The molecule has 0 radical (unpaired) electrons. The SMILES string of the molecule is CC1CC(CN)CN1C(=O)c1cccc(S(=O)(=O)NCc2ccccc2)c1.Cl. The molecule has 28 heavy (non-hydrogen) atoms. The number of benzene rings is 2. The van der Waals surface area contributed by atoms with E-state index >= 15 is 0 Å². The second-order valence-corrected chi connectivity index (χ2v) is 8.75. The van der Waals surface area contributed by atoms with Crippen LogP contribution in [0.2, 0.25) is 0 Å². The first-order chi connectivity index (χ1) is 12.9. The van der Waals surface area contributed by atoms with E-state index in [4.69, 9.17) is 5.73 Å². The fraction of sp³-hybridized carbons (Fsp3) is 0.350. The van der Waals surface area contributed by atoms with E-state index in [1.54, 1.807) is 17.0 Å². The summed E-state index contributed by atoms with van der Waals surface area (Å²) in [5.41, 5.74) is 6.98. The number of halogens is 1. The summed E-state index contributed by atoms with van der Waals surface area (Å²) in [6, 6.07) is 15.6. The maximum absolute atomic E-state index is 12.8. The molecule has 3 N–H and O–H groups in total. The number of hydrogen-bond donors (Lipinski definition) is 2. The number of likely N-dealkylation sites (tertiary alicyclic amines) is 1. The third-order valence-electron chi connectivity index (χ3n) is 4.96. The lowest BCUT2D eigenvalue weighted by Gasteiger charge is -2.22. The summed E-state index contributed by atoms with van der Waals surface area (Å²) in [6.45, 7) is 3.35. The first kappa shape index (κ1) is 22.4. The topological polar surface area (TPSA) is 92.5 Å². The van der Waals surface area contributed by atoms with Crippen LogP contribution < -0.4 is 10.5 Å². The van der Waals surface area contributed by atoms with Crippen molar-refractivity contribution in [3.8, 4) is 0 Å². The van der Waals surface area contributed by atoms with Gasteiger partial charge in [-0.2, -0.15) is 0 Å². The van der Waals surface area contributed by atoms with E-state index in [2.05, 4.69) is 4.72 Å². The third-order valence-corrected chi connectivity index (χ3v) is 6.35. The molecule has 0 aromatic heterocycles. The van der Waals surface area contributed by atoms with Gasteiger partial charge in [0.2, 0.25) is 10.0 Å². The highest BCUT2D eigenvalue weighted by Crippen LogP contribution is 2.25. The van der Waals surface area contributed by atoms with Crippen molar-refractivity contribution in [3.05, 3.63) is 65.7 Å². The van der Waals surface area contributed by atoms with Gasteiger partial charge in [0.05, 0.1) is 4.90 Å². The zero-order valence-corrected chi connectivity index (χ0v) is 17.4. The minimum Gasteiger partial charge on any atom is -0.336 e. The quantitative estimate of drug-likeness (QED) is 0.746. The van der Waals surface area contributed by atoms with E-state index in [1.165, 1.54) is 12.1 Å². The lowest BCUT2D eigenvalue weighted by Crippen LogP contribution is -2.34. The number of carbonyl (C=O) groups is 1. The molecule has 2 aromatic carbocycles. The molecule has 152 valence electrons. The molecule has 0 aliphatic carbocycles. The Morgan fingerprint density at radius 3 is 2.54 bits per heavy atom. The summed E-state index contributed by atoms with van der Waals surface area (Å²) < 4.78 is 27.8. The Bertz CT molecular complexity index is 906. The summed E-state index contributed by atoms with van der Waals surface area (Å²) in [6.07, 6.45) is 0.874. The van der Waals surface area contributed by atoms with Crippen LogP contribution in [0.25, 0.3) is 0 Å². The molecular weight excluding hydrogens is 398 g/mol. The Morgan fingerprint density at radius 1 is 1.18 bits per heavy atom. The molecule has 2 atom stereocenters. The number of nitrogens with one attached hydrogen (secondary N) is 1.